The van der Waals surface area contributed by atoms with Crippen molar-refractivity contribution in [2.75, 3.05) is 19.5 Å². The number of nitrogens with zero attached hydrogens (tertiary/aromatic N) is 1. The van der Waals surface area contributed by atoms with Crippen molar-refractivity contribution < 1.29 is 19.1 Å². The molecular formula is C25H27N3O4S. The highest BCUT2D eigenvalue weighted by Gasteiger charge is 2.27. The van der Waals surface area contributed by atoms with Gasteiger partial charge < -0.3 is 20.1 Å². The van der Waals surface area contributed by atoms with Gasteiger partial charge in [-0.1, -0.05) is 6.07 Å². The van der Waals surface area contributed by atoms with Crippen LogP contribution >= 0.6 is 11.3 Å². The van der Waals surface area contributed by atoms with Gasteiger partial charge in [-0.15, -0.1) is 11.3 Å². The number of carbonyl (C=O) groups excluding carboxylic acids is 2. The highest BCUT2D eigenvalue weighted by atomic mass is 32.1. The number of methoxy groups -OCH3 is 2. The summed E-state index contributed by atoms with van der Waals surface area (Å²) in [6.45, 7) is 1.92. The molecule has 2 heterocycles. The first-order valence-corrected chi connectivity index (χ1v) is 11.7. The van der Waals surface area contributed by atoms with Crippen molar-refractivity contribution in [3.05, 3.63) is 69.9 Å². The summed E-state index contributed by atoms with van der Waals surface area (Å²) in [4.78, 5) is 31.4. The first kappa shape index (κ1) is 22.8. The van der Waals surface area contributed by atoms with E-state index >= 15 is 0 Å². The monoisotopic (exact) mass is 465 g/mol. The SMILES string of the molecule is COc1ccc(C(C)NC(=O)c2c(NC(=O)c3cccnc3)sc3c2CCCC3)cc1OC. The van der Waals surface area contributed by atoms with Crippen molar-refractivity contribution in [3.8, 4) is 11.5 Å². The lowest BCUT2D eigenvalue weighted by Gasteiger charge is -2.18. The van der Waals surface area contributed by atoms with Gasteiger partial charge in [-0.2, -0.15) is 0 Å². The van der Waals surface area contributed by atoms with Crippen LogP contribution in [0.5, 0.6) is 11.5 Å². The van der Waals surface area contributed by atoms with Crippen LogP contribution in [-0.4, -0.2) is 31.0 Å². The predicted molar refractivity (Wildman–Crippen MR) is 129 cm³/mol. The third-order valence-corrected chi connectivity index (χ3v) is 7.01. The molecule has 0 radical (unpaired) electrons. The van der Waals surface area contributed by atoms with Crippen LogP contribution in [0.2, 0.25) is 0 Å². The molecule has 172 valence electrons. The van der Waals surface area contributed by atoms with E-state index in [-0.39, 0.29) is 17.9 Å². The molecule has 0 aliphatic heterocycles. The minimum atomic E-state index is -0.274. The van der Waals surface area contributed by atoms with Gasteiger partial charge >= 0.3 is 0 Å². The fourth-order valence-electron chi connectivity index (χ4n) is 4.04. The largest absolute Gasteiger partial charge is 0.493 e. The summed E-state index contributed by atoms with van der Waals surface area (Å²) in [5, 5.41) is 6.64. The summed E-state index contributed by atoms with van der Waals surface area (Å²) < 4.78 is 10.7. The Kier molecular flexibility index (Phi) is 6.93. The highest BCUT2D eigenvalue weighted by Crippen LogP contribution is 2.39. The number of benzene rings is 1. The van der Waals surface area contributed by atoms with Gasteiger partial charge in [-0.25, -0.2) is 0 Å². The minimum Gasteiger partial charge on any atom is -0.493 e. The Labute approximate surface area is 197 Å². The van der Waals surface area contributed by atoms with Gasteiger partial charge in [0.05, 0.1) is 31.4 Å². The number of anilines is 1. The molecule has 0 saturated heterocycles. The fourth-order valence-corrected chi connectivity index (χ4v) is 5.32. The van der Waals surface area contributed by atoms with Gasteiger partial charge in [-0.3, -0.25) is 14.6 Å². The molecule has 2 N–H and O–H groups in total. The van der Waals surface area contributed by atoms with Crippen molar-refractivity contribution in [2.24, 2.45) is 0 Å². The van der Waals surface area contributed by atoms with Gasteiger partial charge in [0.2, 0.25) is 0 Å². The molecule has 33 heavy (non-hydrogen) atoms. The molecular weight excluding hydrogens is 438 g/mol. The van der Waals surface area contributed by atoms with Crippen molar-refractivity contribution in [3.63, 3.8) is 0 Å². The van der Waals surface area contributed by atoms with E-state index in [2.05, 4.69) is 15.6 Å². The summed E-state index contributed by atoms with van der Waals surface area (Å²) in [6.07, 6.45) is 7.02. The number of aryl methyl sites for hydroxylation is 1. The van der Waals surface area contributed by atoms with Crippen LogP contribution in [0.25, 0.3) is 0 Å². The number of rotatable bonds is 7. The van der Waals surface area contributed by atoms with Gasteiger partial charge in [0, 0.05) is 17.3 Å². The number of nitrogens with one attached hydrogen (secondary N) is 2. The molecule has 7 nitrogen and oxygen atoms in total. The number of amides is 2. The summed E-state index contributed by atoms with van der Waals surface area (Å²) in [6, 6.07) is 8.74. The number of hydrogen-bond donors (Lipinski definition) is 2. The van der Waals surface area contributed by atoms with E-state index in [4.69, 9.17) is 9.47 Å². The third-order valence-electron chi connectivity index (χ3n) is 5.80. The number of aromatic nitrogens is 1. The van der Waals surface area contributed by atoms with E-state index < -0.39 is 0 Å². The second kappa shape index (κ2) is 10.0. The summed E-state index contributed by atoms with van der Waals surface area (Å²) >= 11 is 1.50. The summed E-state index contributed by atoms with van der Waals surface area (Å²) in [7, 11) is 3.17. The lowest BCUT2D eigenvalue weighted by molar-refractivity contribution is 0.0940. The Morgan fingerprint density at radius 2 is 1.85 bits per heavy atom. The zero-order valence-corrected chi connectivity index (χ0v) is 19.8. The average Bonchev–Trinajstić information content (AvgIpc) is 3.21. The number of carbonyl (C=O) groups is 2. The van der Waals surface area contributed by atoms with E-state index in [1.54, 1.807) is 32.5 Å². The van der Waals surface area contributed by atoms with Crippen LogP contribution in [0.1, 0.15) is 62.5 Å². The Morgan fingerprint density at radius 3 is 2.58 bits per heavy atom. The Bertz CT molecular complexity index is 1160. The van der Waals surface area contributed by atoms with Crippen LogP contribution in [0.3, 0.4) is 0 Å². The van der Waals surface area contributed by atoms with E-state index in [1.165, 1.54) is 22.4 Å². The third kappa shape index (κ3) is 4.85. The fraction of sp³-hybridized carbons (Fsp3) is 0.320. The molecule has 2 amide bonds. The normalized spacial score (nSPS) is 13.5. The van der Waals surface area contributed by atoms with Crippen molar-refractivity contribution >= 4 is 28.2 Å². The zero-order chi connectivity index (χ0) is 23.4. The van der Waals surface area contributed by atoms with Crippen LogP contribution < -0.4 is 20.1 Å². The van der Waals surface area contributed by atoms with Crippen LogP contribution in [0, 0.1) is 0 Å². The number of thiophene rings is 1. The topological polar surface area (TPSA) is 89.6 Å². The molecule has 1 aromatic carbocycles. The van der Waals surface area contributed by atoms with Gasteiger partial charge in [0.15, 0.2) is 11.5 Å². The van der Waals surface area contributed by atoms with Crippen LogP contribution in [0.4, 0.5) is 5.00 Å². The average molecular weight is 466 g/mol. The lowest BCUT2D eigenvalue weighted by atomic mass is 9.95. The molecule has 0 spiro atoms. The standard InChI is InChI=1S/C25H27N3O4S/c1-15(16-10-11-19(31-2)20(13-16)32-3)27-24(30)22-18-8-4-5-9-21(18)33-25(22)28-23(29)17-7-6-12-26-14-17/h6-7,10-15H,4-5,8-9H2,1-3H3,(H,27,30)(H,28,29). The van der Waals surface area contributed by atoms with Crippen molar-refractivity contribution in [2.45, 2.75) is 38.6 Å². The predicted octanol–water partition coefficient (Wildman–Crippen LogP) is 4.78. The molecule has 4 rings (SSSR count). The van der Waals surface area contributed by atoms with Gasteiger partial charge in [-0.05, 0) is 68.0 Å². The molecule has 1 unspecified atom stereocenters. The van der Waals surface area contributed by atoms with E-state index in [9.17, 15) is 9.59 Å². The van der Waals surface area contributed by atoms with Crippen molar-refractivity contribution in [1.82, 2.24) is 10.3 Å². The quantitative estimate of drug-likeness (QED) is 0.524. The maximum Gasteiger partial charge on any atom is 0.257 e. The molecule has 1 atom stereocenters. The molecule has 0 fully saturated rings. The number of pyridine rings is 1. The maximum absolute atomic E-state index is 13.5. The number of hydrogen-bond acceptors (Lipinski definition) is 6. The van der Waals surface area contributed by atoms with Crippen LogP contribution in [-0.2, 0) is 12.8 Å². The van der Waals surface area contributed by atoms with E-state index in [1.807, 2.05) is 25.1 Å². The van der Waals surface area contributed by atoms with Gasteiger partial charge in [0.1, 0.15) is 5.00 Å². The van der Waals surface area contributed by atoms with Crippen molar-refractivity contribution in [1.29, 1.82) is 0 Å². The molecule has 2 aromatic heterocycles. The van der Waals surface area contributed by atoms with Crippen LogP contribution in [0.15, 0.2) is 42.7 Å². The Balaban J connectivity index is 1.60. The molecule has 1 aliphatic rings. The highest BCUT2D eigenvalue weighted by molar-refractivity contribution is 7.17. The Hall–Kier alpha value is -3.39. The molecule has 0 bridgehead atoms. The molecule has 1 aliphatic carbocycles. The van der Waals surface area contributed by atoms with E-state index in [0.717, 1.165) is 36.8 Å². The van der Waals surface area contributed by atoms with Gasteiger partial charge in [0.25, 0.3) is 11.8 Å². The lowest BCUT2D eigenvalue weighted by Crippen LogP contribution is -2.28. The first-order chi connectivity index (χ1) is 16.0. The molecule has 8 heteroatoms. The minimum absolute atomic E-state index is 0.196. The summed E-state index contributed by atoms with van der Waals surface area (Å²) in [5.41, 5.74) is 2.96. The van der Waals surface area contributed by atoms with E-state index in [0.29, 0.717) is 27.6 Å². The maximum atomic E-state index is 13.5. The Morgan fingerprint density at radius 1 is 1.06 bits per heavy atom. The summed E-state index contributed by atoms with van der Waals surface area (Å²) in [5.74, 6) is 0.766. The zero-order valence-electron chi connectivity index (χ0n) is 18.9. The number of ether oxygens (including phenoxy) is 2. The second-order valence-corrected chi connectivity index (χ2v) is 9.03. The smallest absolute Gasteiger partial charge is 0.257 e. The number of fused-ring (bicyclic) bond motifs is 1. The second-order valence-electron chi connectivity index (χ2n) is 7.92. The first-order valence-electron chi connectivity index (χ1n) is 10.9. The molecule has 3 aromatic rings. The molecule has 0 saturated carbocycles.